The van der Waals surface area contributed by atoms with Crippen molar-refractivity contribution < 1.29 is 23.8 Å². The summed E-state index contributed by atoms with van der Waals surface area (Å²) in [5, 5.41) is 10.6. The van der Waals surface area contributed by atoms with E-state index in [0.29, 0.717) is 29.0 Å². The van der Waals surface area contributed by atoms with Crippen LogP contribution in [-0.4, -0.2) is 52.7 Å². The molecule has 0 saturated carbocycles. The molecule has 7 nitrogen and oxygen atoms in total. The molecule has 4 rings (SSSR count). The first-order chi connectivity index (χ1) is 15.2. The second kappa shape index (κ2) is 8.43. The van der Waals surface area contributed by atoms with Crippen molar-refractivity contribution in [3.8, 4) is 17.0 Å². The Hall–Kier alpha value is -3.13. The van der Waals surface area contributed by atoms with Gasteiger partial charge < -0.3 is 19.5 Å². The van der Waals surface area contributed by atoms with Gasteiger partial charge in [0.05, 0.1) is 22.9 Å². The highest BCUT2D eigenvalue weighted by atomic mass is 19.1. The maximum atomic E-state index is 15.3. The molecule has 1 aliphatic heterocycles. The summed E-state index contributed by atoms with van der Waals surface area (Å²) < 4.78 is 27.6. The van der Waals surface area contributed by atoms with Crippen molar-refractivity contribution in [2.45, 2.75) is 45.3 Å². The van der Waals surface area contributed by atoms with Crippen molar-refractivity contribution in [2.24, 2.45) is 0 Å². The number of methoxy groups -OCH3 is 1. The zero-order valence-electron chi connectivity index (χ0n) is 18.8. The van der Waals surface area contributed by atoms with Gasteiger partial charge in [-0.05, 0) is 63.9 Å². The van der Waals surface area contributed by atoms with Gasteiger partial charge in [-0.1, -0.05) is 0 Å². The minimum Gasteiger partial charge on any atom is -0.508 e. The molecule has 1 atom stereocenters. The van der Waals surface area contributed by atoms with Crippen LogP contribution in [0.3, 0.4) is 0 Å². The Morgan fingerprint density at radius 3 is 2.69 bits per heavy atom. The third-order valence-corrected chi connectivity index (χ3v) is 5.51. The average Bonchev–Trinajstić information content (AvgIpc) is 3.10. The lowest BCUT2D eigenvalue weighted by Gasteiger charge is -2.32. The average molecular weight is 442 g/mol. The quantitative estimate of drug-likeness (QED) is 0.580. The number of fused-ring (bicyclic) bond motifs is 1. The van der Waals surface area contributed by atoms with E-state index in [-0.39, 0.29) is 17.4 Å². The van der Waals surface area contributed by atoms with Crippen LogP contribution >= 0.6 is 0 Å². The fourth-order valence-corrected chi connectivity index (χ4v) is 4.02. The maximum absolute atomic E-state index is 15.3. The zero-order chi connectivity index (χ0) is 23.0. The molecule has 1 aliphatic rings. The Kier molecular flexibility index (Phi) is 5.81. The first kappa shape index (κ1) is 22.1. The molecule has 1 aromatic carbocycles. The highest BCUT2D eigenvalue weighted by Gasteiger charge is 2.26. The van der Waals surface area contributed by atoms with Gasteiger partial charge in [0.25, 0.3) is 0 Å². The van der Waals surface area contributed by atoms with Gasteiger partial charge in [-0.2, -0.15) is 4.39 Å². The Morgan fingerprint density at radius 2 is 2.00 bits per heavy atom. The number of phenolic OH excluding ortho intramolecular Hbond substituents is 1. The number of aromatic hydroxyl groups is 1. The van der Waals surface area contributed by atoms with Crippen molar-refractivity contribution in [1.29, 1.82) is 0 Å². The Balaban J connectivity index is 1.77. The van der Waals surface area contributed by atoms with Gasteiger partial charge in [0, 0.05) is 31.7 Å². The first-order valence-corrected chi connectivity index (χ1v) is 10.7. The summed E-state index contributed by atoms with van der Waals surface area (Å²) in [4.78, 5) is 19.2. The third kappa shape index (κ3) is 4.41. The van der Waals surface area contributed by atoms with E-state index in [1.807, 2.05) is 4.90 Å². The van der Waals surface area contributed by atoms with Gasteiger partial charge in [0.1, 0.15) is 17.2 Å². The molecule has 3 heterocycles. The molecule has 3 aromatic rings. The van der Waals surface area contributed by atoms with Crippen LogP contribution in [0.15, 0.2) is 36.4 Å². The minimum atomic E-state index is -0.741. The van der Waals surface area contributed by atoms with Crippen LogP contribution in [0.2, 0.25) is 0 Å². The molecule has 0 aliphatic carbocycles. The fraction of sp³-hybridized carbons (Fsp3) is 0.417. The number of phenols is 1. The lowest BCUT2D eigenvalue weighted by Crippen LogP contribution is -2.39. The molecule has 0 amide bonds. The Labute approximate surface area is 186 Å². The predicted molar refractivity (Wildman–Crippen MR) is 121 cm³/mol. The molecule has 1 fully saturated rings. The number of carbonyl (C=O) groups is 1. The van der Waals surface area contributed by atoms with Crippen LogP contribution in [0.5, 0.6) is 5.75 Å². The van der Waals surface area contributed by atoms with E-state index in [9.17, 15) is 9.90 Å². The number of aromatic nitrogens is 2. The smallest absolute Gasteiger partial charge is 0.419 e. The molecule has 0 unspecified atom stereocenters. The number of pyridine rings is 1. The topological polar surface area (TPSA) is 76.8 Å². The number of hydrogen-bond donors (Lipinski definition) is 1. The van der Waals surface area contributed by atoms with Gasteiger partial charge in [0.2, 0.25) is 5.95 Å². The molecular weight excluding hydrogens is 413 g/mol. The van der Waals surface area contributed by atoms with Gasteiger partial charge in [-0.25, -0.2) is 14.3 Å². The fourth-order valence-electron chi connectivity index (χ4n) is 4.02. The van der Waals surface area contributed by atoms with Crippen molar-refractivity contribution in [2.75, 3.05) is 25.1 Å². The number of nitrogens with zero attached hydrogens (tertiary/aromatic N) is 3. The number of piperidine rings is 1. The highest BCUT2D eigenvalue weighted by molar-refractivity contribution is 5.96. The largest absolute Gasteiger partial charge is 0.508 e. The van der Waals surface area contributed by atoms with E-state index >= 15 is 4.39 Å². The van der Waals surface area contributed by atoms with E-state index in [2.05, 4.69) is 4.98 Å². The Morgan fingerprint density at radius 1 is 1.22 bits per heavy atom. The van der Waals surface area contributed by atoms with Crippen LogP contribution in [0, 0.1) is 5.95 Å². The molecule has 1 saturated heterocycles. The van der Waals surface area contributed by atoms with Crippen LogP contribution in [-0.2, 0) is 9.47 Å². The number of benzene rings is 1. The lowest BCUT2D eigenvalue weighted by molar-refractivity contribution is 0.0547. The minimum absolute atomic E-state index is 0.00120. The molecule has 170 valence electrons. The first-order valence-electron chi connectivity index (χ1n) is 10.7. The van der Waals surface area contributed by atoms with Gasteiger partial charge in [0.15, 0.2) is 0 Å². The summed E-state index contributed by atoms with van der Waals surface area (Å²) in [5.41, 5.74) is 0.172. The standard InChI is InChI=1S/C24H28FN3O4/c1-24(2,3)32-23(30)28-19-13-16(29)8-7-15(19)12-20(28)18-9-10-21(26-22(18)25)27-11-5-6-17(14-27)31-4/h7-10,12-13,17,29H,5-6,11,14H2,1-4H3/t17-/m1/s1. The van der Waals surface area contributed by atoms with Crippen LogP contribution in [0.25, 0.3) is 22.2 Å². The second-order valence-electron chi connectivity index (χ2n) is 9.04. The normalized spacial score (nSPS) is 17.0. The summed E-state index contributed by atoms with van der Waals surface area (Å²) in [6.07, 6.45) is 1.35. The molecular formula is C24H28FN3O4. The van der Waals surface area contributed by atoms with E-state index in [0.717, 1.165) is 19.4 Å². The van der Waals surface area contributed by atoms with Crippen molar-refractivity contribution in [3.63, 3.8) is 0 Å². The zero-order valence-corrected chi connectivity index (χ0v) is 18.8. The molecule has 1 N–H and O–H groups in total. The van der Waals surface area contributed by atoms with Gasteiger partial charge in [-0.15, -0.1) is 0 Å². The third-order valence-electron chi connectivity index (χ3n) is 5.51. The highest BCUT2D eigenvalue weighted by Crippen LogP contribution is 2.33. The molecule has 8 heteroatoms. The summed E-state index contributed by atoms with van der Waals surface area (Å²) in [6, 6.07) is 9.73. The molecule has 2 aromatic heterocycles. The SMILES string of the molecule is CO[C@@H]1CCCN(c2ccc(-c3cc4ccc(O)cc4n3C(=O)OC(C)(C)C)c(F)n2)C1. The molecule has 0 bridgehead atoms. The number of halogens is 1. The molecule has 0 radical (unpaired) electrons. The number of rotatable bonds is 3. The van der Waals surface area contributed by atoms with Gasteiger partial charge >= 0.3 is 6.09 Å². The predicted octanol–water partition coefficient (Wildman–Crippen LogP) is 4.95. The Bertz CT molecular complexity index is 1150. The summed E-state index contributed by atoms with van der Waals surface area (Å²) >= 11 is 0. The van der Waals surface area contributed by atoms with Crippen molar-refractivity contribution in [3.05, 3.63) is 42.3 Å². The van der Waals surface area contributed by atoms with Crippen LogP contribution < -0.4 is 4.90 Å². The van der Waals surface area contributed by atoms with Crippen LogP contribution in [0.4, 0.5) is 15.0 Å². The molecule has 0 spiro atoms. The van der Waals surface area contributed by atoms with E-state index in [1.165, 1.54) is 16.7 Å². The maximum Gasteiger partial charge on any atom is 0.419 e. The number of carbonyl (C=O) groups excluding carboxylic acids is 1. The van der Waals surface area contributed by atoms with Crippen molar-refractivity contribution >= 4 is 22.8 Å². The number of anilines is 1. The van der Waals surface area contributed by atoms with E-state index in [1.54, 1.807) is 52.1 Å². The summed E-state index contributed by atoms with van der Waals surface area (Å²) in [7, 11) is 1.68. The lowest BCUT2D eigenvalue weighted by atomic mass is 10.1. The van der Waals surface area contributed by atoms with Gasteiger partial charge in [-0.3, -0.25) is 0 Å². The second-order valence-corrected chi connectivity index (χ2v) is 9.04. The van der Waals surface area contributed by atoms with E-state index < -0.39 is 17.6 Å². The molecule has 32 heavy (non-hydrogen) atoms. The monoisotopic (exact) mass is 441 g/mol. The van der Waals surface area contributed by atoms with Crippen molar-refractivity contribution in [1.82, 2.24) is 9.55 Å². The summed E-state index contributed by atoms with van der Waals surface area (Å²) in [6.45, 7) is 6.71. The summed E-state index contributed by atoms with van der Waals surface area (Å²) in [5.74, 6) is -0.150. The van der Waals surface area contributed by atoms with E-state index in [4.69, 9.17) is 9.47 Å². The number of ether oxygens (including phenoxy) is 2. The number of hydrogen-bond acceptors (Lipinski definition) is 6. The van der Waals surface area contributed by atoms with Crippen LogP contribution in [0.1, 0.15) is 33.6 Å².